The lowest BCUT2D eigenvalue weighted by molar-refractivity contribution is 1.12. The van der Waals surface area contributed by atoms with Crippen LogP contribution in [0.1, 0.15) is 0 Å². The highest BCUT2D eigenvalue weighted by atomic mass is 35.5. The predicted molar refractivity (Wildman–Crippen MR) is 83.7 cm³/mol. The Bertz CT molecular complexity index is 961. The minimum absolute atomic E-state index is 0.646. The van der Waals surface area contributed by atoms with Gasteiger partial charge in [-0.25, -0.2) is 0 Å². The van der Waals surface area contributed by atoms with Gasteiger partial charge in [-0.1, -0.05) is 23.2 Å². The highest BCUT2D eigenvalue weighted by molar-refractivity contribution is 6.31. The van der Waals surface area contributed by atoms with Crippen molar-refractivity contribution in [1.29, 1.82) is 0 Å². The number of benzene rings is 2. The van der Waals surface area contributed by atoms with Crippen molar-refractivity contribution in [2.75, 3.05) is 0 Å². The van der Waals surface area contributed by atoms with Crippen LogP contribution >= 0.6 is 23.2 Å². The van der Waals surface area contributed by atoms with Crippen LogP contribution < -0.4 is 0 Å². The fourth-order valence-corrected chi connectivity index (χ4v) is 2.61. The summed E-state index contributed by atoms with van der Waals surface area (Å²) in [5, 5.41) is 9.76. The molecule has 4 nitrogen and oxygen atoms in total. The first-order chi connectivity index (χ1) is 10.2. The van der Waals surface area contributed by atoms with Gasteiger partial charge in [0.15, 0.2) is 11.5 Å². The van der Waals surface area contributed by atoms with Gasteiger partial charge in [0.25, 0.3) is 0 Å². The first-order valence-electron chi connectivity index (χ1n) is 6.28. The zero-order valence-corrected chi connectivity index (χ0v) is 12.2. The van der Waals surface area contributed by atoms with Gasteiger partial charge in [-0.15, -0.1) is 10.2 Å². The standard InChI is InChI=1S/C15H8Cl2N4/c16-10-3-1-9(2-4-10)15-20-19-14-8-18-12-6-5-11(17)7-13(12)21(14)15/h1-8H. The van der Waals surface area contributed by atoms with E-state index >= 15 is 0 Å². The van der Waals surface area contributed by atoms with E-state index in [0.717, 1.165) is 22.4 Å². The van der Waals surface area contributed by atoms with Crippen molar-refractivity contribution in [1.82, 2.24) is 19.6 Å². The van der Waals surface area contributed by atoms with Crippen LogP contribution in [-0.2, 0) is 0 Å². The van der Waals surface area contributed by atoms with E-state index in [0.29, 0.717) is 15.7 Å². The lowest BCUT2D eigenvalue weighted by atomic mass is 10.2. The quantitative estimate of drug-likeness (QED) is 0.527. The van der Waals surface area contributed by atoms with Crippen LogP contribution in [0.5, 0.6) is 0 Å². The lowest BCUT2D eigenvalue weighted by Gasteiger charge is -2.05. The van der Waals surface area contributed by atoms with E-state index in [1.807, 2.05) is 46.9 Å². The van der Waals surface area contributed by atoms with Crippen LogP contribution in [0.3, 0.4) is 0 Å². The fraction of sp³-hybridized carbons (Fsp3) is 0. The van der Waals surface area contributed by atoms with Crippen LogP contribution in [0.4, 0.5) is 0 Å². The molecule has 6 heteroatoms. The molecule has 0 aliphatic heterocycles. The van der Waals surface area contributed by atoms with Gasteiger partial charge < -0.3 is 0 Å². The van der Waals surface area contributed by atoms with Crippen molar-refractivity contribution in [3.8, 4) is 11.4 Å². The Morgan fingerprint density at radius 2 is 1.62 bits per heavy atom. The second-order valence-electron chi connectivity index (χ2n) is 4.62. The Hall–Kier alpha value is -2.17. The normalized spacial score (nSPS) is 11.3. The molecule has 0 atom stereocenters. The summed E-state index contributed by atoms with van der Waals surface area (Å²) < 4.78 is 1.94. The molecule has 0 unspecified atom stereocenters. The molecular weight excluding hydrogens is 307 g/mol. The molecule has 0 saturated carbocycles. The second-order valence-corrected chi connectivity index (χ2v) is 5.49. The van der Waals surface area contributed by atoms with E-state index < -0.39 is 0 Å². The highest BCUT2D eigenvalue weighted by Crippen LogP contribution is 2.25. The number of nitrogens with zero attached hydrogens (tertiary/aromatic N) is 4. The van der Waals surface area contributed by atoms with Gasteiger partial charge in [-0.3, -0.25) is 9.38 Å². The molecule has 0 amide bonds. The summed E-state index contributed by atoms with van der Waals surface area (Å²) in [6.07, 6.45) is 1.70. The molecule has 102 valence electrons. The van der Waals surface area contributed by atoms with Gasteiger partial charge in [-0.05, 0) is 42.5 Å². The summed E-state index contributed by atoms with van der Waals surface area (Å²) in [4.78, 5) is 4.37. The molecule has 0 radical (unpaired) electrons. The SMILES string of the molecule is Clc1ccc(-c2nnc3cnc4ccc(Cl)cc4n23)cc1. The summed E-state index contributed by atoms with van der Waals surface area (Å²) >= 11 is 12.0. The summed E-state index contributed by atoms with van der Waals surface area (Å²) in [6, 6.07) is 13.0. The lowest BCUT2D eigenvalue weighted by Crippen LogP contribution is -1.94. The van der Waals surface area contributed by atoms with Crippen LogP contribution in [0, 0.1) is 0 Å². The van der Waals surface area contributed by atoms with Crippen LogP contribution in [0.15, 0.2) is 48.7 Å². The average molecular weight is 315 g/mol. The van der Waals surface area contributed by atoms with Crippen molar-refractivity contribution in [3.63, 3.8) is 0 Å². The molecule has 0 N–H and O–H groups in total. The summed E-state index contributed by atoms with van der Waals surface area (Å²) in [7, 11) is 0. The Balaban J connectivity index is 2.10. The van der Waals surface area contributed by atoms with Gasteiger partial charge >= 0.3 is 0 Å². The average Bonchev–Trinajstić information content (AvgIpc) is 2.92. The van der Waals surface area contributed by atoms with Gasteiger partial charge in [0.05, 0.1) is 17.2 Å². The van der Waals surface area contributed by atoms with Crippen LogP contribution in [-0.4, -0.2) is 19.6 Å². The molecule has 0 fully saturated rings. The Morgan fingerprint density at radius 1 is 0.857 bits per heavy atom. The summed E-state index contributed by atoms with van der Waals surface area (Å²) in [6.45, 7) is 0. The van der Waals surface area contributed by atoms with Crippen LogP contribution in [0.2, 0.25) is 10.0 Å². The number of hydrogen-bond acceptors (Lipinski definition) is 3. The molecule has 0 spiro atoms. The first kappa shape index (κ1) is 12.6. The highest BCUT2D eigenvalue weighted by Gasteiger charge is 2.11. The van der Waals surface area contributed by atoms with Gasteiger partial charge in [0, 0.05) is 15.6 Å². The molecule has 0 saturated heterocycles. The maximum Gasteiger partial charge on any atom is 0.180 e. The number of rotatable bonds is 1. The van der Waals surface area contributed by atoms with Crippen molar-refractivity contribution < 1.29 is 0 Å². The summed E-state index contributed by atoms with van der Waals surface area (Å²) in [5.41, 5.74) is 3.31. The van der Waals surface area contributed by atoms with E-state index in [1.165, 1.54) is 0 Å². The third-order valence-corrected chi connectivity index (χ3v) is 3.78. The Kier molecular flexibility index (Phi) is 2.80. The van der Waals surface area contributed by atoms with Crippen molar-refractivity contribution in [2.24, 2.45) is 0 Å². The Labute approximate surface area is 130 Å². The monoisotopic (exact) mass is 314 g/mol. The fourth-order valence-electron chi connectivity index (χ4n) is 2.32. The molecule has 21 heavy (non-hydrogen) atoms. The second kappa shape index (κ2) is 4.69. The number of aromatic nitrogens is 4. The third kappa shape index (κ3) is 2.04. The molecule has 0 bridgehead atoms. The molecule has 4 aromatic rings. The zero-order valence-electron chi connectivity index (χ0n) is 10.7. The number of hydrogen-bond donors (Lipinski definition) is 0. The van der Waals surface area contributed by atoms with E-state index in [1.54, 1.807) is 6.20 Å². The van der Waals surface area contributed by atoms with Gasteiger partial charge in [0.1, 0.15) is 0 Å². The first-order valence-corrected chi connectivity index (χ1v) is 7.03. The molecule has 0 aliphatic carbocycles. The van der Waals surface area contributed by atoms with Gasteiger partial charge in [-0.2, -0.15) is 0 Å². The predicted octanol–water partition coefficient (Wildman–Crippen LogP) is 4.25. The van der Waals surface area contributed by atoms with E-state index in [2.05, 4.69) is 15.2 Å². The van der Waals surface area contributed by atoms with Crippen LogP contribution in [0.25, 0.3) is 28.1 Å². The van der Waals surface area contributed by atoms with E-state index in [-0.39, 0.29) is 0 Å². The maximum atomic E-state index is 6.11. The Morgan fingerprint density at radius 3 is 2.43 bits per heavy atom. The van der Waals surface area contributed by atoms with Gasteiger partial charge in [0.2, 0.25) is 0 Å². The minimum Gasteiger partial charge on any atom is -0.272 e. The molecule has 2 aromatic heterocycles. The smallest absolute Gasteiger partial charge is 0.180 e. The molecule has 4 rings (SSSR count). The summed E-state index contributed by atoms with van der Waals surface area (Å²) in [5.74, 6) is 0.733. The molecular formula is C15H8Cl2N4. The number of halogens is 2. The van der Waals surface area contributed by atoms with E-state index in [4.69, 9.17) is 23.2 Å². The topological polar surface area (TPSA) is 43.1 Å². The van der Waals surface area contributed by atoms with Crippen molar-refractivity contribution in [3.05, 3.63) is 58.7 Å². The number of fused-ring (bicyclic) bond motifs is 3. The van der Waals surface area contributed by atoms with Crippen molar-refractivity contribution in [2.45, 2.75) is 0 Å². The van der Waals surface area contributed by atoms with E-state index in [9.17, 15) is 0 Å². The maximum absolute atomic E-state index is 6.11. The molecule has 0 aliphatic rings. The third-order valence-electron chi connectivity index (χ3n) is 3.29. The minimum atomic E-state index is 0.646. The largest absolute Gasteiger partial charge is 0.272 e. The van der Waals surface area contributed by atoms with Crippen molar-refractivity contribution >= 4 is 39.9 Å². The molecule has 2 aromatic carbocycles. The molecule has 2 heterocycles. The zero-order chi connectivity index (χ0) is 14.4.